The molecule has 0 aliphatic carbocycles. The molecule has 0 unspecified atom stereocenters. The van der Waals surface area contributed by atoms with Crippen molar-refractivity contribution in [3.8, 4) is 11.5 Å². The summed E-state index contributed by atoms with van der Waals surface area (Å²) in [6.45, 7) is 1.34. The Morgan fingerprint density at radius 3 is 2.56 bits per heavy atom. The number of esters is 1. The van der Waals surface area contributed by atoms with E-state index in [2.05, 4.69) is 5.32 Å². The first kappa shape index (κ1) is 18.6. The second-order valence-corrected chi connectivity index (χ2v) is 5.51. The van der Waals surface area contributed by atoms with Crippen LogP contribution < -0.4 is 14.8 Å². The fourth-order valence-electron chi connectivity index (χ4n) is 2.11. The van der Waals surface area contributed by atoms with Crippen LogP contribution in [0.25, 0.3) is 0 Å². The van der Waals surface area contributed by atoms with Crippen molar-refractivity contribution in [1.82, 2.24) is 0 Å². The summed E-state index contributed by atoms with van der Waals surface area (Å²) in [6.07, 6.45) is 0. The van der Waals surface area contributed by atoms with Crippen LogP contribution in [0.15, 0.2) is 36.4 Å². The van der Waals surface area contributed by atoms with E-state index in [0.717, 1.165) is 5.56 Å². The molecule has 1 N–H and O–H groups in total. The largest absolute Gasteiger partial charge is 0.497 e. The average Bonchev–Trinajstić information content (AvgIpc) is 2.63. The predicted octanol–water partition coefficient (Wildman–Crippen LogP) is 3.46. The lowest BCUT2D eigenvalue weighted by molar-refractivity contribution is -0.119. The van der Waals surface area contributed by atoms with Gasteiger partial charge in [-0.1, -0.05) is 17.7 Å². The van der Waals surface area contributed by atoms with Crippen molar-refractivity contribution in [3.63, 3.8) is 0 Å². The van der Waals surface area contributed by atoms with Gasteiger partial charge in [0.2, 0.25) is 0 Å². The summed E-state index contributed by atoms with van der Waals surface area (Å²) >= 11 is 6.00. The standard InChI is InChI=1S/C18H18ClNO5/c1-11-14(19)5-4-6-15(11)20-17(21)10-25-18(22)13-9-12(23-2)7-8-16(13)24-3/h4-9H,10H2,1-3H3,(H,20,21). The summed E-state index contributed by atoms with van der Waals surface area (Å²) in [5.41, 5.74) is 1.47. The van der Waals surface area contributed by atoms with Crippen LogP contribution in [-0.2, 0) is 9.53 Å². The molecule has 25 heavy (non-hydrogen) atoms. The lowest BCUT2D eigenvalue weighted by Gasteiger charge is -2.11. The summed E-state index contributed by atoms with van der Waals surface area (Å²) in [7, 11) is 2.92. The third-order valence-corrected chi connectivity index (χ3v) is 3.91. The maximum absolute atomic E-state index is 12.2. The number of ether oxygens (including phenoxy) is 3. The second kappa shape index (κ2) is 8.39. The highest BCUT2D eigenvalue weighted by Crippen LogP contribution is 2.25. The summed E-state index contributed by atoms with van der Waals surface area (Å²) < 4.78 is 15.3. The third-order valence-electron chi connectivity index (χ3n) is 3.50. The number of carbonyl (C=O) groups is 2. The van der Waals surface area contributed by atoms with Gasteiger partial charge in [-0.25, -0.2) is 4.79 Å². The number of methoxy groups -OCH3 is 2. The molecule has 132 valence electrons. The van der Waals surface area contributed by atoms with E-state index in [9.17, 15) is 9.59 Å². The predicted molar refractivity (Wildman–Crippen MR) is 94.6 cm³/mol. The summed E-state index contributed by atoms with van der Waals surface area (Å²) in [5.74, 6) is -0.349. The number of benzene rings is 2. The van der Waals surface area contributed by atoms with Gasteiger partial charge in [-0.05, 0) is 42.8 Å². The van der Waals surface area contributed by atoms with Crippen LogP contribution in [0.5, 0.6) is 11.5 Å². The van der Waals surface area contributed by atoms with Crippen molar-refractivity contribution >= 4 is 29.2 Å². The number of anilines is 1. The van der Waals surface area contributed by atoms with E-state index in [0.29, 0.717) is 22.2 Å². The highest BCUT2D eigenvalue weighted by molar-refractivity contribution is 6.31. The van der Waals surface area contributed by atoms with Gasteiger partial charge in [0, 0.05) is 10.7 Å². The van der Waals surface area contributed by atoms with E-state index in [4.69, 9.17) is 25.8 Å². The van der Waals surface area contributed by atoms with Crippen LogP contribution in [0.3, 0.4) is 0 Å². The first-order chi connectivity index (χ1) is 12.0. The van der Waals surface area contributed by atoms with E-state index in [1.54, 1.807) is 37.3 Å². The molecule has 2 aromatic rings. The number of rotatable bonds is 6. The van der Waals surface area contributed by atoms with E-state index in [-0.39, 0.29) is 5.56 Å². The Morgan fingerprint density at radius 1 is 1.12 bits per heavy atom. The Labute approximate surface area is 150 Å². The molecule has 7 heteroatoms. The zero-order valence-electron chi connectivity index (χ0n) is 14.1. The number of nitrogens with one attached hydrogen (secondary N) is 1. The molecule has 0 fully saturated rings. The highest BCUT2D eigenvalue weighted by atomic mass is 35.5. The minimum atomic E-state index is -0.686. The van der Waals surface area contributed by atoms with Crippen LogP contribution >= 0.6 is 11.6 Å². The molecule has 6 nitrogen and oxygen atoms in total. The van der Waals surface area contributed by atoms with Gasteiger partial charge in [-0.15, -0.1) is 0 Å². The lowest BCUT2D eigenvalue weighted by atomic mass is 10.2. The van der Waals surface area contributed by atoms with Crippen LogP contribution in [-0.4, -0.2) is 32.7 Å². The van der Waals surface area contributed by atoms with Crippen molar-refractivity contribution in [2.45, 2.75) is 6.92 Å². The maximum Gasteiger partial charge on any atom is 0.342 e. The van der Waals surface area contributed by atoms with Crippen LogP contribution in [0.1, 0.15) is 15.9 Å². The molecule has 2 aromatic carbocycles. The number of halogens is 1. The fourth-order valence-corrected chi connectivity index (χ4v) is 2.29. The van der Waals surface area contributed by atoms with Crippen LogP contribution in [0, 0.1) is 6.92 Å². The SMILES string of the molecule is COc1ccc(OC)c(C(=O)OCC(=O)Nc2cccc(Cl)c2C)c1. The number of hydrogen-bond acceptors (Lipinski definition) is 5. The fraction of sp³-hybridized carbons (Fsp3) is 0.222. The zero-order valence-corrected chi connectivity index (χ0v) is 14.8. The molecule has 0 heterocycles. The molecule has 0 spiro atoms. The second-order valence-electron chi connectivity index (χ2n) is 5.10. The highest BCUT2D eigenvalue weighted by Gasteiger charge is 2.17. The van der Waals surface area contributed by atoms with Gasteiger partial charge in [0.05, 0.1) is 14.2 Å². The van der Waals surface area contributed by atoms with Crippen molar-refractivity contribution in [3.05, 3.63) is 52.5 Å². The Balaban J connectivity index is 2.02. The van der Waals surface area contributed by atoms with E-state index < -0.39 is 18.5 Å². The van der Waals surface area contributed by atoms with Crippen molar-refractivity contribution < 1.29 is 23.8 Å². The Bertz CT molecular complexity index is 791. The zero-order chi connectivity index (χ0) is 18.4. The van der Waals surface area contributed by atoms with E-state index in [1.165, 1.54) is 20.3 Å². The third kappa shape index (κ3) is 4.64. The van der Waals surface area contributed by atoms with Gasteiger partial charge < -0.3 is 19.5 Å². The first-order valence-corrected chi connectivity index (χ1v) is 7.78. The van der Waals surface area contributed by atoms with Gasteiger partial charge in [-0.2, -0.15) is 0 Å². The monoisotopic (exact) mass is 363 g/mol. The molecule has 0 saturated heterocycles. The van der Waals surface area contributed by atoms with Crippen molar-refractivity contribution in [2.75, 3.05) is 26.1 Å². The minimum absolute atomic E-state index is 0.175. The summed E-state index contributed by atoms with van der Waals surface area (Å²) in [4.78, 5) is 24.2. The van der Waals surface area contributed by atoms with Crippen molar-refractivity contribution in [1.29, 1.82) is 0 Å². The molecule has 0 bridgehead atoms. The molecule has 0 aliphatic heterocycles. The molecule has 1 amide bonds. The topological polar surface area (TPSA) is 73.9 Å². The average molecular weight is 364 g/mol. The van der Waals surface area contributed by atoms with Crippen LogP contribution in [0.4, 0.5) is 5.69 Å². The quantitative estimate of drug-likeness (QED) is 0.795. The van der Waals surface area contributed by atoms with Gasteiger partial charge >= 0.3 is 5.97 Å². The molecule has 0 aromatic heterocycles. The van der Waals surface area contributed by atoms with E-state index >= 15 is 0 Å². The van der Waals surface area contributed by atoms with Crippen molar-refractivity contribution in [2.24, 2.45) is 0 Å². The molecule has 0 radical (unpaired) electrons. The Kier molecular flexibility index (Phi) is 6.25. The summed E-state index contributed by atoms with van der Waals surface area (Å²) in [5, 5.41) is 3.19. The Morgan fingerprint density at radius 2 is 1.88 bits per heavy atom. The van der Waals surface area contributed by atoms with E-state index in [1.807, 2.05) is 0 Å². The molecule has 0 aliphatic rings. The van der Waals surface area contributed by atoms with Gasteiger partial charge in [0.25, 0.3) is 5.91 Å². The number of amides is 1. The maximum atomic E-state index is 12.2. The smallest absolute Gasteiger partial charge is 0.342 e. The van der Waals surface area contributed by atoms with Crippen LogP contribution in [0.2, 0.25) is 5.02 Å². The molecular formula is C18H18ClNO5. The number of carbonyl (C=O) groups excluding carboxylic acids is 2. The molecule has 0 atom stereocenters. The summed E-state index contributed by atoms with van der Waals surface area (Å²) in [6, 6.07) is 9.89. The normalized spacial score (nSPS) is 10.1. The Hall–Kier alpha value is -2.73. The number of hydrogen-bond donors (Lipinski definition) is 1. The van der Waals surface area contributed by atoms with Gasteiger partial charge in [-0.3, -0.25) is 4.79 Å². The van der Waals surface area contributed by atoms with Gasteiger partial charge in [0.15, 0.2) is 6.61 Å². The minimum Gasteiger partial charge on any atom is -0.497 e. The molecule has 2 rings (SSSR count). The first-order valence-electron chi connectivity index (χ1n) is 7.40. The lowest BCUT2D eigenvalue weighted by Crippen LogP contribution is -2.21. The van der Waals surface area contributed by atoms with Gasteiger partial charge in [0.1, 0.15) is 17.1 Å². The molecule has 0 saturated carbocycles. The molecular weight excluding hydrogens is 346 g/mol.